The number of oxime groups is 1. The van der Waals surface area contributed by atoms with E-state index >= 15 is 0 Å². The van der Waals surface area contributed by atoms with Gasteiger partial charge in [0.15, 0.2) is 10.8 Å². The van der Waals surface area contributed by atoms with Crippen molar-refractivity contribution in [3.63, 3.8) is 0 Å². The highest BCUT2D eigenvalue weighted by atomic mass is 35.5. The van der Waals surface area contributed by atoms with Gasteiger partial charge in [-0.05, 0) is 50.0 Å². The van der Waals surface area contributed by atoms with Gasteiger partial charge in [-0.25, -0.2) is 9.78 Å². The Bertz CT molecular complexity index is 1130. The first kappa shape index (κ1) is 25.8. The number of likely N-dealkylation sites (tertiary alicyclic amines) is 1. The van der Waals surface area contributed by atoms with Crippen LogP contribution >= 0.6 is 46.5 Å². The summed E-state index contributed by atoms with van der Waals surface area (Å²) >= 11 is 9.93. The Labute approximate surface area is 218 Å². The molecule has 4 rings (SSSR count). The molecule has 4 heterocycles. The number of aromatic nitrogens is 1. The van der Waals surface area contributed by atoms with E-state index in [1.165, 1.54) is 16.7 Å². The molecular formula is C20H23ClN6O5S3. The van der Waals surface area contributed by atoms with Gasteiger partial charge in [0.25, 0.3) is 11.8 Å². The van der Waals surface area contributed by atoms with Crippen LogP contribution in [0.15, 0.2) is 27.9 Å². The van der Waals surface area contributed by atoms with E-state index in [0.29, 0.717) is 16.6 Å². The van der Waals surface area contributed by atoms with Crippen LogP contribution in [0.2, 0.25) is 4.34 Å². The number of rotatable bonds is 7. The zero-order valence-electron chi connectivity index (χ0n) is 18.5. The number of anilines is 1. The number of carbonyl (C=O) groups is 3. The SMILES string of the molecule is CN1CCC(SC=CC2=C(C(=O)O)N3C(=O)[C@@H](NC(=O)/C(=N\O)c4nc(N)sc4Cl)[C@H]3SC2)CC1. The van der Waals surface area contributed by atoms with Crippen LogP contribution in [0, 0.1) is 0 Å². The number of carboxylic acids is 1. The maximum atomic E-state index is 12.9. The topological polar surface area (TPSA) is 161 Å². The molecule has 0 spiro atoms. The molecule has 0 saturated carbocycles. The first-order chi connectivity index (χ1) is 16.7. The largest absolute Gasteiger partial charge is 0.477 e. The van der Waals surface area contributed by atoms with E-state index in [-0.39, 0.29) is 20.9 Å². The average Bonchev–Trinajstić information content (AvgIpc) is 3.16. The van der Waals surface area contributed by atoms with E-state index in [2.05, 4.69) is 27.4 Å². The summed E-state index contributed by atoms with van der Waals surface area (Å²) in [5.41, 5.74) is 5.44. The van der Waals surface area contributed by atoms with Gasteiger partial charge in [-0.1, -0.05) is 28.1 Å². The molecule has 0 aliphatic carbocycles. The molecule has 35 heavy (non-hydrogen) atoms. The molecule has 0 aromatic carbocycles. The van der Waals surface area contributed by atoms with E-state index in [4.69, 9.17) is 17.3 Å². The molecule has 3 aliphatic rings. The number of β-lactam (4-membered cyclic amide) rings is 1. The minimum absolute atomic E-state index is 0.0599. The van der Waals surface area contributed by atoms with Gasteiger partial charge >= 0.3 is 5.97 Å². The van der Waals surface area contributed by atoms with Crippen molar-refractivity contribution in [2.75, 3.05) is 31.6 Å². The minimum Gasteiger partial charge on any atom is -0.477 e. The molecule has 188 valence electrons. The predicted octanol–water partition coefficient (Wildman–Crippen LogP) is 1.64. The lowest BCUT2D eigenvalue weighted by atomic mass is 10.0. The molecule has 0 unspecified atom stereocenters. The number of nitrogens with two attached hydrogens (primary N) is 1. The summed E-state index contributed by atoms with van der Waals surface area (Å²) in [5, 5.41) is 26.5. The van der Waals surface area contributed by atoms with Crippen LogP contribution in [0.3, 0.4) is 0 Å². The second-order valence-corrected chi connectivity index (χ2v) is 12.1. The number of thioether (sulfide) groups is 2. The first-order valence-corrected chi connectivity index (χ1v) is 13.8. The fourth-order valence-electron chi connectivity index (χ4n) is 4.00. The number of allylic oxidation sites excluding steroid dienone is 1. The van der Waals surface area contributed by atoms with Crippen LogP contribution in [0.25, 0.3) is 0 Å². The van der Waals surface area contributed by atoms with Gasteiger partial charge < -0.3 is 26.3 Å². The van der Waals surface area contributed by atoms with Crippen molar-refractivity contribution in [1.82, 2.24) is 20.1 Å². The second kappa shape index (κ2) is 10.8. The number of halogens is 1. The number of nitrogens with zero attached hydrogens (tertiary/aromatic N) is 4. The molecule has 2 atom stereocenters. The summed E-state index contributed by atoms with van der Waals surface area (Å²) in [6.45, 7) is 2.07. The Morgan fingerprint density at radius 2 is 2.09 bits per heavy atom. The number of amides is 2. The van der Waals surface area contributed by atoms with Crippen molar-refractivity contribution in [3.05, 3.63) is 32.8 Å². The number of thiazole rings is 1. The van der Waals surface area contributed by atoms with Crippen LogP contribution in [-0.2, 0) is 14.4 Å². The van der Waals surface area contributed by atoms with E-state index in [1.54, 1.807) is 17.8 Å². The Morgan fingerprint density at radius 3 is 2.69 bits per heavy atom. The summed E-state index contributed by atoms with van der Waals surface area (Å²) in [6.07, 6.45) is 3.90. The molecule has 2 saturated heterocycles. The van der Waals surface area contributed by atoms with E-state index in [1.807, 2.05) is 5.41 Å². The van der Waals surface area contributed by atoms with Gasteiger partial charge in [0, 0.05) is 11.0 Å². The molecule has 3 aliphatic heterocycles. The number of carbonyl (C=O) groups excluding carboxylic acids is 2. The Balaban J connectivity index is 1.44. The maximum Gasteiger partial charge on any atom is 0.352 e. The van der Waals surface area contributed by atoms with Gasteiger partial charge in [-0.2, -0.15) is 0 Å². The zero-order chi connectivity index (χ0) is 25.3. The van der Waals surface area contributed by atoms with Crippen LogP contribution in [0.5, 0.6) is 0 Å². The molecule has 2 amide bonds. The minimum atomic E-state index is -1.21. The van der Waals surface area contributed by atoms with Gasteiger partial charge in [-0.15, -0.1) is 23.5 Å². The van der Waals surface area contributed by atoms with Crippen LogP contribution in [-0.4, -0.2) is 91.1 Å². The fourth-order valence-corrected chi connectivity index (χ4v) is 7.19. The van der Waals surface area contributed by atoms with E-state index in [9.17, 15) is 24.7 Å². The lowest BCUT2D eigenvalue weighted by molar-refractivity contribution is -0.150. The molecular weight excluding hydrogens is 536 g/mol. The summed E-state index contributed by atoms with van der Waals surface area (Å²) in [5.74, 6) is -2.29. The number of fused-ring (bicyclic) bond motifs is 1. The number of hydrogen-bond donors (Lipinski definition) is 4. The lowest BCUT2D eigenvalue weighted by Gasteiger charge is -2.49. The second-order valence-electron chi connectivity index (χ2n) is 8.10. The highest BCUT2D eigenvalue weighted by Crippen LogP contribution is 2.41. The van der Waals surface area contributed by atoms with Crippen LogP contribution < -0.4 is 11.1 Å². The Hall–Kier alpha value is -2.26. The third-order valence-electron chi connectivity index (χ3n) is 5.83. The molecule has 5 N–H and O–H groups in total. The average molecular weight is 559 g/mol. The first-order valence-electron chi connectivity index (χ1n) is 10.6. The van der Waals surface area contributed by atoms with E-state index < -0.39 is 34.9 Å². The number of nitrogens with one attached hydrogen (secondary N) is 1. The van der Waals surface area contributed by atoms with Crippen molar-refractivity contribution in [2.45, 2.75) is 29.5 Å². The number of piperidine rings is 1. The van der Waals surface area contributed by atoms with Gasteiger partial charge in [0.05, 0.1) is 0 Å². The van der Waals surface area contributed by atoms with Gasteiger partial charge in [0.2, 0.25) is 0 Å². The van der Waals surface area contributed by atoms with Gasteiger partial charge in [0.1, 0.15) is 27.1 Å². The van der Waals surface area contributed by atoms with Crippen LogP contribution in [0.4, 0.5) is 5.13 Å². The van der Waals surface area contributed by atoms with Crippen molar-refractivity contribution in [2.24, 2.45) is 5.16 Å². The Morgan fingerprint density at radius 1 is 1.37 bits per heavy atom. The number of carboxylic acid groups (broad SMARTS) is 1. The monoisotopic (exact) mass is 558 g/mol. The smallest absolute Gasteiger partial charge is 0.352 e. The van der Waals surface area contributed by atoms with Gasteiger partial charge in [-0.3, -0.25) is 14.5 Å². The summed E-state index contributed by atoms with van der Waals surface area (Å²) < 4.78 is 0.0599. The lowest BCUT2D eigenvalue weighted by Crippen LogP contribution is -2.71. The fraction of sp³-hybridized carbons (Fsp3) is 0.450. The molecule has 15 heteroatoms. The number of aliphatic carboxylic acids is 1. The molecule has 1 aromatic rings. The normalized spacial score (nSPS) is 24.0. The zero-order valence-corrected chi connectivity index (χ0v) is 21.7. The molecule has 11 nitrogen and oxygen atoms in total. The predicted molar refractivity (Wildman–Crippen MR) is 137 cm³/mol. The van der Waals surface area contributed by atoms with Crippen molar-refractivity contribution in [3.8, 4) is 0 Å². The maximum absolute atomic E-state index is 12.9. The highest BCUT2D eigenvalue weighted by molar-refractivity contribution is 8.02. The summed E-state index contributed by atoms with van der Waals surface area (Å²) in [7, 11) is 2.09. The number of hydrogen-bond acceptors (Lipinski definition) is 11. The summed E-state index contributed by atoms with van der Waals surface area (Å²) in [6, 6.07) is -0.993. The molecule has 0 radical (unpaired) electrons. The third-order valence-corrected chi connectivity index (χ3v) is 9.37. The third kappa shape index (κ3) is 5.31. The molecule has 0 bridgehead atoms. The molecule has 2 fully saturated rings. The summed E-state index contributed by atoms with van der Waals surface area (Å²) in [4.78, 5) is 44.9. The number of nitrogen functional groups attached to an aromatic ring is 1. The van der Waals surface area contributed by atoms with Crippen molar-refractivity contribution in [1.29, 1.82) is 0 Å². The molecule has 1 aromatic heterocycles. The van der Waals surface area contributed by atoms with Crippen molar-refractivity contribution >= 4 is 75.1 Å². The van der Waals surface area contributed by atoms with E-state index in [0.717, 1.165) is 37.3 Å². The van der Waals surface area contributed by atoms with Crippen LogP contribution in [0.1, 0.15) is 18.5 Å². The van der Waals surface area contributed by atoms with Crippen molar-refractivity contribution < 1.29 is 24.7 Å². The Kier molecular flexibility index (Phi) is 7.96. The quantitative estimate of drug-likeness (QED) is 0.167. The highest BCUT2D eigenvalue weighted by Gasteiger charge is 2.54. The standard InChI is InChI=1S/C20H23ClN6O5S3/c1-26-5-2-10(3-6-26)33-7-4-9-8-34-18-13(17(29)27(18)14(9)19(30)31)23-16(28)12(25-32)11-15(21)35-20(22)24-11/h4,7,10,13,18,32H,2-3,5-6,8H2,1H3,(H2,22,24)(H,23,28)(H,30,31)/b7-4?,25-12-/t13-,18-/m1/s1.